The fraction of sp³-hybridized carbons (Fsp3) is 0.423. The van der Waals surface area contributed by atoms with Crippen LogP contribution in [0.4, 0.5) is 0 Å². The van der Waals surface area contributed by atoms with Crippen LogP contribution < -0.4 is 5.56 Å². The Morgan fingerprint density at radius 2 is 1.81 bits per heavy atom. The van der Waals surface area contributed by atoms with Crippen LogP contribution in [0, 0.1) is 19.8 Å². The van der Waals surface area contributed by atoms with Gasteiger partial charge in [0.15, 0.2) is 0 Å². The third-order valence-electron chi connectivity index (χ3n) is 6.65. The summed E-state index contributed by atoms with van der Waals surface area (Å²) in [4.78, 5) is 33.5. The van der Waals surface area contributed by atoms with Crippen LogP contribution in [0.15, 0.2) is 47.3 Å². The van der Waals surface area contributed by atoms with Gasteiger partial charge in [0.1, 0.15) is 5.82 Å². The molecule has 1 aliphatic carbocycles. The van der Waals surface area contributed by atoms with Gasteiger partial charge in [-0.25, -0.2) is 4.98 Å². The number of para-hydroxylation sites is 1. The predicted molar refractivity (Wildman–Crippen MR) is 125 cm³/mol. The van der Waals surface area contributed by atoms with Crippen molar-refractivity contribution in [1.82, 2.24) is 14.5 Å². The van der Waals surface area contributed by atoms with E-state index >= 15 is 0 Å². The molecule has 5 nitrogen and oxygen atoms in total. The minimum absolute atomic E-state index is 0.0722. The first kappa shape index (κ1) is 21.3. The zero-order chi connectivity index (χ0) is 22.1. The Morgan fingerprint density at radius 1 is 1.10 bits per heavy atom. The summed E-state index contributed by atoms with van der Waals surface area (Å²) in [5.74, 6) is 0.826. The summed E-state index contributed by atoms with van der Waals surface area (Å²) >= 11 is 0. The summed E-state index contributed by atoms with van der Waals surface area (Å²) in [6.07, 6.45) is 5.33. The molecule has 162 valence electrons. The zero-order valence-electron chi connectivity index (χ0n) is 18.9. The molecule has 0 aliphatic heterocycles. The summed E-state index contributed by atoms with van der Waals surface area (Å²) < 4.78 is 1.70. The van der Waals surface area contributed by atoms with E-state index in [-0.39, 0.29) is 23.4 Å². The molecular weight excluding hydrogens is 386 g/mol. The molecule has 1 aliphatic rings. The van der Waals surface area contributed by atoms with E-state index in [4.69, 9.17) is 4.98 Å². The molecule has 0 radical (unpaired) electrons. The van der Waals surface area contributed by atoms with E-state index in [1.54, 1.807) is 9.47 Å². The number of benzene rings is 2. The molecule has 4 rings (SSSR count). The number of fused-ring (bicyclic) bond motifs is 1. The van der Waals surface area contributed by atoms with E-state index in [1.165, 1.54) is 6.42 Å². The Morgan fingerprint density at radius 3 is 2.52 bits per heavy atom. The van der Waals surface area contributed by atoms with Crippen LogP contribution in [0.3, 0.4) is 0 Å². The van der Waals surface area contributed by atoms with E-state index in [0.717, 1.165) is 42.5 Å². The average molecular weight is 418 g/mol. The van der Waals surface area contributed by atoms with Crippen molar-refractivity contribution in [3.05, 3.63) is 69.8 Å². The molecule has 1 saturated carbocycles. The van der Waals surface area contributed by atoms with Gasteiger partial charge in [-0.1, -0.05) is 49.1 Å². The van der Waals surface area contributed by atoms with Crippen LogP contribution in [0.25, 0.3) is 16.6 Å². The molecule has 1 unspecified atom stereocenters. The van der Waals surface area contributed by atoms with Gasteiger partial charge in [-0.3, -0.25) is 14.2 Å². The zero-order valence-corrected chi connectivity index (χ0v) is 18.9. The number of aromatic nitrogens is 2. The highest BCUT2D eigenvalue weighted by atomic mass is 16.2. The number of amides is 1. The molecule has 1 aromatic heterocycles. The molecule has 5 heteroatoms. The third kappa shape index (κ3) is 4.01. The van der Waals surface area contributed by atoms with Gasteiger partial charge in [-0.15, -0.1) is 0 Å². The maximum Gasteiger partial charge on any atom is 0.266 e. The number of aryl methyl sites for hydroxylation is 2. The van der Waals surface area contributed by atoms with Crippen molar-refractivity contribution >= 4 is 16.8 Å². The first-order valence-electron chi connectivity index (χ1n) is 11.2. The molecule has 0 saturated heterocycles. The first-order valence-corrected chi connectivity index (χ1v) is 11.2. The molecule has 2 aromatic carbocycles. The summed E-state index contributed by atoms with van der Waals surface area (Å²) in [6.45, 7) is 6.02. The van der Waals surface area contributed by atoms with Crippen LogP contribution in [-0.2, 0) is 4.79 Å². The normalized spacial score (nSPS) is 15.7. The van der Waals surface area contributed by atoms with Gasteiger partial charge in [0, 0.05) is 13.0 Å². The largest absolute Gasteiger partial charge is 0.336 e. The Kier molecular flexibility index (Phi) is 5.94. The van der Waals surface area contributed by atoms with Crippen LogP contribution in [0.1, 0.15) is 62.0 Å². The van der Waals surface area contributed by atoms with Crippen LogP contribution in [0.5, 0.6) is 0 Å². The van der Waals surface area contributed by atoms with Crippen molar-refractivity contribution < 1.29 is 4.79 Å². The highest BCUT2D eigenvalue weighted by molar-refractivity contribution is 5.80. The standard InChI is InChI=1S/C26H31N3O2/c1-17-14-15-23(18(2)16-17)29-24(27-22-13-9-8-12-21(22)26(29)31)19(3)28(4)25(30)20-10-6-5-7-11-20/h8-9,12-16,19-20H,5-7,10-11H2,1-4H3. The van der Waals surface area contributed by atoms with Gasteiger partial charge in [0.2, 0.25) is 5.91 Å². The minimum Gasteiger partial charge on any atom is -0.336 e. The number of nitrogens with zero attached hydrogens (tertiary/aromatic N) is 3. The summed E-state index contributed by atoms with van der Waals surface area (Å²) in [5, 5.41) is 0.583. The minimum atomic E-state index is -0.326. The van der Waals surface area contributed by atoms with Crippen molar-refractivity contribution in [2.45, 2.75) is 58.9 Å². The molecular formula is C26H31N3O2. The third-order valence-corrected chi connectivity index (χ3v) is 6.65. The fourth-order valence-corrected chi connectivity index (χ4v) is 4.72. The maximum absolute atomic E-state index is 13.6. The van der Waals surface area contributed by atoms with Gasteiger partial charge in [-0.05, 0) is 57.4 Å². The summed E-state index contributed by atoms with van der Waals surface area (Å²) in [6, 6.07) is 13.2. The predicted octanol–water partition coefficient (Wildman–Crippen LogP) is 5.10. The van der Waals surface area contributed by atoms with Gasteiger partial charge in [-0.2, -0.15) is 0 Å². The number of hydrogen-bond acceptors (Lipinski definition) is 3. The molecule has 0 N–H and O–H groups in total. The molecule has 1 amide bonds. The summed E-state index contributed by atoms with van der Waals surface area (Å²) in [5.41, 5.74) is 3.53. The van der Waals surface area contributed by atoms with Gasteiger partial charge in [0.05, 0.1) is 22.6 Å². The number of rotatable bonds is 4. The van der Waals surface area contributed by atoms with Crippen molar-refractivity contribution in [2.24, 2.45) is 5.92 Å². The second-order valence-electron chi connectivity index (χ2n) is 8.88. The molecule has 1 heterocycles. The molecule has 1 fully saturated rings. The topological polar surface area (TPSA) is 55.2 Å². The highest BCUT2D eigenvalue weighted by Crippen LogP contribution is 2.29. The second-order valence-corrected chi connectivity index (χ2v) is 8.88. The molecule has 0 spiro atoms. The first-order chi connectivity index (χ1) is 14.9. The quantitative estimate of drug-likeness (QED) is 0.593. The maximum atomic E-state index is 13.6. The monoisotopic (exact) mass is 417 g/mol. The molecule has 1 atom stereocenters. The molecule has 0 bridgehead atoms. The molecule has 3 aromatic rings. The Balaban J connectivity index is 1.85. The van der Waals surface area contributed by atoms with Crippen molar-refractivity contribution in [2.75, 3.05) is 7.05 Å². The van der Waals surface area contributed by atoms with Crippen LogP contribution in [0.2, 0.25) is 0 Å². The highest BCUT2D eigenvalue weighted by Gasteiger charge is 2.29. The van der Waals surface area contributed by atoms with Crippen LogP contribution >= 0.6 is 0 Å². The Bertz CT molecular complexity index is 1170. The fourth-order valence-electron chi connectivity index (χ4n) is 4.72. The van der Waals surface area contributed by atoms with E-state index in [0.29, 0.717) is 16.7 Å². The lowest BCUT2D eigenvalue weighted by molar-refractivity contribution is -0.137. The van der Waals surface area contributed by atoms with Crippen molar-refractivity contribution in [3.63, 3.8) is 0 Å². The molecule has 31 heavy (non-hydrogen) atoms. The SMILES string of the molecule is Cc1ccc(-n2c(C(C)N(C)C(=O)C3CCCCC3)nc3ccccc3c2=O)c(C)c1. The smallest absolute Gasteiger partial charge is 0.266 e. The van der Waals surface area contributed by atoms with E-state index in [2.05, 4.69) is 6.07 Å². The van der Waals surface area contributed by atoms with Crippen molar-refractivity contribution in [3.8, 4) is 5.69 Å². The van der Waals surface area contributed by atoms with Crippen molar-refractivity contribution in [1.29, 1.82) is 0 Å². The van der Waals surface area contributed by atoms with E-state index < -0.39 is 0 Å². The van der Waals surface area contributed by atoms with Crippen LogP contribution in [-0.4, -0.2) is 27.4 Å². The van der Waals surface area contributed by atoms with E-state index in [1.807, 2.05) is 64.2 Å². The van der Waals surface area contributed by atoms with E-state index in [9.17, 15) is 9.59 Å². The lowest BCUT2D eigenvalue weighted by Crippen LogP contribution is -2.38. The van der Waals surface area contributed by atoms with Gasteiger partial charge < -0.3 is 4.90 Å². The average Bonchev–Trinajstić information content (AvgIpc) is 2.79. The second kappa shape index (κ2) is 8.66. The van der Waals surface area contributed by atoms with Gasteiger partial charge >= 0.3 is 0 Å². The Labute approximate surface area is 183 Å². The van der Waals surface area contributed by atoms with Gasteiger partial charge in [0.25, 0.3) is 5.56 Å². The lowest BCUT2D eigenvalue weighted by atomic mass is 9.88. The summed E-state index contributed by atoms with van der Waals surface area (Å²) in [7, 11) is 1.84. The lowest BCUT2D eigenvalue weighted by Gasteiger charge is -2.31. The number of carbonyl (C=O) groups excluding carboxylic acids is 1. The Hall–Kier alpha value is -2.95. The number of carbonyl (C=O) groups is 1. The number of hydrogen-bond donors (Lipinski definition) is 0.